The quantitative estimate of drug-likeness (QED) is 0.730. The first kappa shape index (κ1) is 20.9. The Hall–Kier alpha value is -2.86. The highest BCUT2D eigenvalue weighted by molar-refractivity contribution is 6.30. The molecule has 2 amide bonds. The first-order valence-electron chi connectivity index (χ1n) is 9.42. The van der Waals surface area contributed by atoms with E-state index in [1.54, 1.807) is 23.1 Å². The Kier molecular flexibility index (Phi) is 6.54. The highest BCUT2D eigenvalue weighted by atomic mass is 35.5. The van der Waals surface area contributed by atoms with Crippen LogP contribution in [0.1, 0.15) is 30.5 Å². The smallest absolute Gasteiger partial charge is 0.311 e. The van der Waals surface area contributed by atoms with Gasteiger partial charge in [-0.05, 0) is 43.2 Å². The number of carbonyl (C=O) groups is 3. The normalized spacial score (nSPS) is 17.1. The van der Waals surface area contributed by atoms with Crippen molar-refractivity contribution in [3.05, 3.63) is 64.7 Å². The fourth-order valence-corrected chi connectivity index (χ4v) is 3.61. The van der Waals surface area contributed by atoms with Crippen LogP contribution < -0.4 is 5.32 Å². The maximum atomic E-state index is 12.4. The average molecular weight is 415 g/mol. The van der Waals surface area contributed by atoms with Crippen LogP contribution in [-0.2, 0) is 19.1 Å². The van der Waals surface area contributed by atoms with Gasteiger partial charge < -0.3 is 15.0 Å². The Labute approximate surface area is 174 Å². The molecule has 7 heteroatoms. The molecule has 1 aliphatic rings. The second-order valence-corrected chi connectivity index (χ2v) is 7.59. The summed E-state index contributed by atoms with van der Waals surface area (Å²) in [5.74, 6) is -1.64. The third-order valence-electron chi connectivity index (χ3n) is 5.05. The van der Waals surface area contributed by atoms with E-state index in [4.69, 9.17) is 16.3 Å². The van der Waals surface area contributed by atoms with Gasteiger partial charge in [-0.2, -0.15) is 0 Å². The second kappa shape index (κ2) is 9.09. The van der Waals surface area contributed by atoms with Crippen LogP contribution in [0.3, 0.4) is 0 Å². The predicted octanol–water partition coefficient (Wildman–Crippen LogP) is 3.74. The number of benzene rings is 2. The van der Waals surface area contributed by atoms with E-state index in [1.165, 1.54) is 0 Å². The summed E-state index contributed by atoms with van der Waals surface area (Å²) in [6.45, 7) is 3.63. The zero-order valence-electron chi connectivity index (χ0n) is 16.4. The van der Waals surface area contributed by atoms with Crippen LogP contribution in [0.5, 0.6) is 0 Å². The Morgan fingerprint density at radius 2 is 1.97 bits per heavy atom. The van der Waals surface area contributed by atoms with Gasteiger partial charge in [0.05, 0.1) is 12.0 Å². The molecule has 2 aromatic carbocycles. The minimum absolute atomic E-state index is 0.0912. The average Bonchev–Trinajstić information content (AvgIpc) is 3.10. The van der Waals surface area contributed by atoms with Gasteiger partial charge in [-0.25, -0.2) is 0 Å². The lowest BCUT2D eigenvalue weighted by Gasteiger charge is -2.25. The number of hydrogen-bond donors (Lipinski definition) is 1. The van der Waals surface area contributed by atoms with E-state index in [1.807, 2.05) is 44.2 Å². The standard InChI is InChI=1S/C22H23ClN2O4/c1-14-10-18(23)8-9-19(14)24-20(26)13-29-22(28)17-11-21(27)25(12-17)15(2)16-6-4-3-5-7-16/h3-10,15,17H,11-13H2,1-2H3,(H,24,26)/t15-,17-/m1/s1. The summed E-state index contributed by atoms with van der Waals surface area (Å²) >= 11 is 5.90. The molecule has 2 atom stereocenters. The minimum Gasteiger partial charge on any atom is -0.455 e. The molecular weight excluding hydrogens is 392 g/mol. The molecule has 1 aliphatic heterocycles. The molecule has 0 aliphatic carbocycles. The lowest BCUT2D eigenvalue weighted by molar-refractivity contribution is -0.151. The van der Waals surface area contributed by atoms with Gasteiger partial charge in [0.25, 0.3) is 5.91 Å². The Morgan fingerprint density at radius 1 is 1.24 bits per heavy atom. The lowest BCUT2D eigenvalue weighted by atomic mass is 10.1. The zero-order valence-corrected chi connectivity index (χ0v) is 17.1. The van der Waals surface area contributed by atoms with Crippen molar-refractivity contribution < 1.29 is 19.1 Å². The van der Waals surface area contributed by atoms with Gasteiger partial charge in [-0.15, -0.1) is 0 Å². The molecule has 0 aromatic heterocycles. The molecular formula is C22H23ClN2O4. The molecule has 1 saturated heterocycles. The monoisotopic (exact) mass is 414 g/mol. The molecule has 0 bridgehead atoms. The van der Waals surface area contributed by atoms with Gasteiger partial charge in [0.2, 0.25) is 5.91 Å². The molecule has 0 saturated carbocycles. The summed E-state index contributed by atoms with van der Waals surface area (Å²) in [4.78, 5) is 38.5. The van der Waals surface area contributed by atoms with E-state index >= 15 is 0 Å². The van der Waals surface area contributed by atoms with Crippen molar-refractivity contribution >= 4 is 35.1 Å². The number of hydrogen-bond acceptors (Lipinski definition) is 4. The molecule has 6 nitrogen and oxygen atoms in total. The van der Waals surface area contributed by atoms with E-state index in [2.05, 4.69) is 5.32 Å². The molecule has 0 radical (unpaired) electrons. The largest absolute Gasteiger partial charge is 0.455 e. The van der Waals surface area contributed by atoms with E-state index in [0.29, 0.717) is 10.7 Å². The maximum absolute atomic E-state index is 12.4. The SMILES string of the molecule is Cc1cc(Cl)ccc1NC(=O)COC(=O)[C@@H]1CC(=O)N([C@H](C)c2ccccc2)C1. The van der Waals surface area contributed by atoms with Crippen LogP contribution in [0.2, 0.25) is 5.02 Å². The van der Waals surface area contributed by atoms with Crippen molar-refractivity contribution in [2.24, 2.45) is 5.92 Å². The highest BCUT2D eigenvalue weighted by Gasteiger charge is 2.38. The number of rotatable bonds is 6. The maximum Gasteiger partial charge on any atom is 0.311 e. The molecule has 0 unspecified atom stereocenters. The van der Waals surface area contributed by atoms with Gasteiger partial charge in [0, 0.05) is 23.7 Å². The summed E-state index contributed by atoms with van der Waals surface area (Å²) in [7, 11) is 0. The summed E-state index contributed by atoms with van der Waals surface area (Å²) in [5.41, 5.74) is 2.42. The molecule has 29 heavy (non-hydrogen) atoms. The first-order chi connectivity index (χ1) is 13.8. The highest BCUT2D eigenvalue weighted by Crippen LogP contribution is 2.29. The second-order valence-electron chi connectivity index (χ2n) is 7.15. The molecule has 152 valence electrons. The molecule has 1 N–H and O–H groups in total. The van der Waals surface area contributed by atoms with Crippen molar-refractivity contribution in [2.75, 3.05) is 18.5 Å². The van der Waals surface area contributed by atoms with E-state index in [0.717, 1.165) is 11.1 Å². The number of likely N-dealkylation sites (tertiary alicyclic amines) is 1. The lowest BCUT2D eigenvalue weighted by Crippen LogP contribution is -2.30. The van der Waals surface area contributed by atoms with Gasteiger partial charge in [0.15, 0.2) is 6.61 Å². The number of esters is 1. The number of anilines is 1. The molecule has 2 aromatic rings. The van der Waals surface area contributed by atoms with Crippen molar-refractivity contribution in [2.45, 2.75) is 26.3 Å². The summed E-state index contributed by atoms with van der Waals surface area (Å²) < 4.78 is 5.15. The van der Waals surface area contributed by atoms with Gasteiger partial charge in [-0.3, -0.25) is 14.4 Å². The number of amides is 2. The van der Waals surface area contributed by atoms with Crippen LogP contribution in [-0.4, -0.2) is 35.8 Å². The van der Waals surface area contributed by atoms with Crippen LogP contribution in [0.15, 0.2) is 48.5 Å². The van der Waals surface area contributed by atoms with Gasteiger partial charge in [-0.1, -0.05) is 41.9 Å². The molecule has 1 fully saturated rings. The summed E-state index contributed by atoms with van der Waals surface area (Å²) in [6, 6.07) is 14.6. The van der Waals surface area contributed by atoms with Gasteiger partial charge >= 0.3 is 5.97 Å². The Balaban J connectivity index is 1.52. The Morgan fingerprint density at radius 3 is 2.66 bits per heavy atom. The number of nitrogens with one attached hydrogen (secondary N) is 1. The van der Waals surface area contributed by atoms with E-state index < -0.39 is 24.4 Å². The topological polar surface area (TPSA) is 75.7 Å². The fourth-order valence-electron chi connectivity index (χ4n) is 3.38. The number of aryl methyl sites for hydroxylation is 1. The molecule has 1 heterocycles. The number of ether oxygens (including phenoxy) is 1. The molecule has 0 spiro atoms. The zero-order chi connectivity index (χ0) is 21.0. The van der Waals surface area contributed by atoms with Crippen molar-refractivity contribution in [3.8, 4) is 0 Å². The van der Waals surface area contributed by atoms with Crippen LogP contribution in [0, 0.1) is 12.8 Å². The number of carbonyl (C=O) groups excluding carboxylic acids is 3. The third-order valence-corrected chi connectivity index (χ3v) is 5.28. The van der Waals surface area contributed by atoms with E-state index in [-0.39, 0.29) is 24.9 Å². The van der Waals surface area contributed by atoms with Crippen molar-refractivity contribution in [1.82, 2.24) is 4.90 Å². The van der Waals surface area contributed by atoms with Gasteiger partial charge in [0.1, 0.15) is 0 Å². The van der Waals surface area contributed by atoms with Crippen molar-refractivity contribution in [1.29, 1.82) is 0 Å². The van der Waals surface area contributed by atoms with Crippen molar-refractivity contribution in [3.63, 3.8) is 0 Å². The van der Waals surface area contributed by atoms with Crippen LogP contribution in [0.25, 0.3) is 0 Å². The summed E-state index contributed by atoms with van der Waals surface area (Å²) in [6.07, 6.45) is 0.0912. The summed E-state index contributed by atoms with van der Waals surface area (Å²) in [5, 5.41) is 3.26. The predicted molar refractivity (Wildman–Crippen MR) is 110 cm³/mol. The number of nitrogens with zero attached hydrogens (tertiary/aromatic N) is 1. The van der Waals surface area contributed by atoms with Crippen LogP contribution in [0.4, 0.5) is 5.69 Å². The van der Waals surface area contributed by atoms with Crippen LogP contribution >= 0.6 is 11.6 Å². The van der Waals surface area contributed by atoms with E-state index in [9.17, 15) is 14.4 Å². The minimum atomic E-state index is -0.571. The molecule has 3 rings (SSSR count). The number of halogens is 1. The first-order valence-corrected chi connectivity index (χ1v) is 9.80. The fraction of sp³-hybridized carbons (Fsp3) is 0.318. The Bertz CT molecular complexity index is 916. The third kappa shape index (κ3) is 5.15.